The Labute approximate surface area is 187 Å². The Balaban J connectivity index is 1.33. The fourth-order valence-electron chi connectivity index (χ4n) is 4.38. The first-order valence-electron chi connectivity index (χ1n) is 10.7. The lowest BCUT2D eigenvalue weighted by atomic mass is 9.96. The molecule has 1 amide bonds. The maximum Gasteiger partial charge on any atom is 0.414 e. The molecule has 33 heavy (non-hydrogen) atoms. The first-order chi connectivity index (χ1) is 15.9. The Morgan fingerprint density at radius 2 is 2.09 bits per heavy atom. The predicted molar refractivity (Wildman–Crippen MR) is 109 cm³/mol. The molecule has 2 fully saturated rings. The van der Waals surface area contributed by atoms with Gasteiger partial charge in [-0.25, -0.2) is 18.0 Å². The third kappa shape index (κ3) is 3.95. The molecule has 1 N–H and O–H groups in total. The van der Waals surface area contributed by atoms with Crippen LogP contribution in [0.15, 0.2) is 29.0 Å². The van der Waals surface area contributed by atoms with Crippen LogP contribution in [0, 0.1) is 17.5 Å². The van der Waals surface area contributed by atoms with Crippen molar-refractivity contribution in [2.24, 2.45) is 0 Å². The molecule has 176 valence electrons. The van der Waals surface area contributed by atoms with E-state index < -0.39 is 40.9 Å². The van der Waals surface area contributed by atoms with Gasteiger partial charge >= 0.3 is 6.09 Å². The highest BCUT2D eigenvalue weighted by molar-refractivity contribution is 5.90. The highest BCUT2D eigenvalue weighted by Crippen LogP contribution is 2.43. The number of carbonyl (C=O) groups excluding carboxylic acids is 1. The van der Waals surface area contributed by atoms with E-state index in [4.69, 9.17) is 9.47 Å². The number of carbonyl (C=O) groups is 1. The summed E-state index contributed by atoms with van der Waals surface area (Å²) in [5, 5.41) is 13.1. The average Bonchev–Trinajstić information content (AvgIpc) is 3.26. The van der Waals surface area contributed by atoms with Gasteiger partial charge in [0.25, 0.3) is 5.88 Å². The molecule has 0 bridgehead atoms. The average molecular weight is 465 g/mol. The molecule has 1 aliphatic carbocycles. The van der Waals surface area contributed by atoms with Crippen molar-refractivity contribution in [3.63, 3.8) is 0 Å². The third-order valence-corrected chi connectivity index (χ3v) is 6.46. The summed E-state index contributed by atoms with van der Waals surface area (Å²) in [6.45, 7) is 0.744. The standard InChI is InChI=1S/C22H22F3N3O5/c23-15-9-16(28-10-14(33-21(28)30)11-31-17-3-8-32-26-17)19(24)20(25)18(15)13-1-6-27(7-2-13)22(12-29)4-5-22/h1,3,8-9,14,29H,2,4-7,10-12H2/t14-/m1/s1. The van der Waals surface area contributed by atoms with E-state index in [9.17, 15) is 23.1 Å². The fourth-order valence-corrected chi connectivity index (χ4v) is 4.38. The van der Waals surface area contributed by atoms with Crippen molar-refractivity contribution in [1.82, 2.24) is 10.1 Å². The van der Waals surface area contributed by atoms with Crippen LogP contribution in [0.1, 0.15) is 24.8 Å². The van der Waals surface area contributed by atoms with Gasteiger partial charge in [-0.15, -0.1) is 0 Å². The van der Waals surface area contributed by atoms with Crippen molar-refractivity contribution in [3.8, 4) is 5.88 Å². The van der Waals surface area contributed by atoms with Crippen LogP contribution < -0.4 is 9.64 Å². The van der Waals surface area contributed by atoms with E-state index in [-0.39, 0.29) is 31.2 Å². The molecule has 3 heterocycles. The minimum atomic E-state index is -1.34. The summed E-state index contributed by atoms with van der Waals surface area (Å²) in [6, 6.07) is 2.28. The number of rotatable bonds is 7. The van der Waals surface area contributed by atoms with Crippen LogP contribution >= 0.6 is 0 Å². The van der Waals surface area contributed by atoms with Crippen LogP contribution in [0.3, 0.4) is 0 Å². The number of anilines is 1. The van der Waals surface area contributed by atoms with Gasteiger partial charge in [0, 0.05) is 30.8 Å². The molecule has 3 aliphatic rings. The molecule has 1 aromatic heterocycles. The number of aliphatic hydroxyl groups excluding tert-OH is 1. The van der Waals surface area contributed by atoms with Crippen LogP contribution in [0.25, 0.3) is 5.57 Å². The highest BCUT2D eigenvalue weighted by atomic mass is 19.2. The topological polar surface area (TPSA) is 88.3 Å². The normalized spacial score (nSPS) is 22.3. The van der Waals surface area contributed by atoms with E-state index in [0.29, 0.717) is 25.1 Å². The van der Waals surface area contributed by atoms with Crippen LogP contribution in [-0.4, -0.2) is 65.7 Å². The van der Waals surface area contributed by atoms with E-state index in [1.165, 1.54) is 12.3 Å². The molecule has 0 spiro atoms. The third-order valence-electron chi connectivity index (χ3n) is 6.46. The molecule has 1 saturated carbocycles. The summed E-state index contributed by atoms with van der Waals surface area (Å²) >= 11 is 0. The predicted octanol–water partition coefficient (Wildman–Crippen LogP) is 3.11. The Bertz CT molecular complexity index is 1090. The summed E-state index contributed by atoms with van der Waals surface area (Å²) in [5.74, 6) is -3.44. The first-order valence-corrected chi connectivity index (χ1v) is 10.7. The maximum absolute atomic E-state index is 15.0. The van der Waals surface area contributed by atoms with Crippen molar-refractivity contribution in [1.29, 1.82) is 0 Å². The van der Waals surface area contributed by atoms with Crippen LogP contribution in [0.4, 0.5) is 23.7 Å². The summed E-state index contributed by atoms with van der Waals surface area (Å²) in [6.07, 6.45) is 3.35. The molecule has 1 atom stereocenters. The molecule has 1 aromatic carbocycles. The van der Waals surface area contributed by atoms with E-state index >= 15 is 0 Å². The molecule has 0 unspecified atom stereocenters. The summed E-state index contributed by atoms with van der Waals surface area (Å²) in [4.78, 5) is 15.2. The van der Waals surface area contributed by atoms with Crippen LogP contribution in [-0.2, 0) is 4.74 Å². The van der Waals surface area contributed by atoms with E-state index in [1.54, 1.807) is 6.08 Å². The SMILES string of the molecule is O=C1O[C@@H](COc2ccon2)CN1c1cc(F)c(C2=CCN(C3(CO)CC3)CC2)c(F)c1F. The van der Waals surface area contributed by atoms with Crippen molar-refractivity contribution in [2.45, 2.75) is 30.9 Å². The van der Waals surface area contributed by atoms with E-state index in [1.807, 2.05) is 0 Å². The zero-order valence-corrected chi connectivity index (χ0v) is 17.6. The molecular formula is C22H22F3N3O5. The van der Waals surface area contributed by atoms with Gasteiger partial charge in [-0.2, -0.15) is 0 Å². The Hall–Kier alpha value is -3.05. The van der Waals surface area contributed by atoms with Gasteiger partial charge in [0.15, 0.2) is 17.7 Å². The minimum Gasteiger partial charge on any atom is -0.471 e. The molecule has 1 saturated heterocycles. The molecule has 11 heteroatoms. The molecular weight excluding hydrogens is 443 g/mol. The van der Waals surface area contributed by atoms with Crippen LogP contribution in [0.5, 0.6) is 5.88 Å². The van der Waals surface area contributed by atoms with Crippen molar-refractivity contribution < 1.29 is 37.1 Å². The van der Waals surface area contributed by atoms with Gasteiger partial charge in [-0.1, -0.05) is 6.08 Å². The van der Waals surface area contributed by atoms with E-state index in [2.05, 4.69) is 14.6 Å². The van der Waals surface area contributed by atoms with Gasteiger partial charge in [0.2, 0.25) is 0 Å². The quantitative estimate of drug-likeness (QED) is 0.629. The number of nitrogens with zero attached hydrogens (tertiary/aromatic N) is 3. The lowest BCUT2D eigenvalue weighted by Gasteiger charge is -2.33. The molecule has 2 aromatic rings. The lowest BCUT2D eigenvalue weighted by molar-refractivity contribution is 0.101. The number of hydrogen-bond acceptors (Lipinski definition) is 7. The Morgan fingerprint density at radius 3 is 2.73 bits per heavy atom. The smallest absolute Gasteiger partial charge is 0.414 e. The minimum absolute atomic E-state index is 0.0405. The second-order valence-electron chi connectivity index (χ2n) is 8.45. The highest BCUT2D eigenvalue weighted by Gasteiger charge is 2.47. The maximum atomic E-state index is 15.0. The number of aromatic nitrogens is 1. The van der Waals surface area contributed by atoms with Gasteiger partial charge in [-0.3, -0.25) is 9.80 Å². The summed E-state index contributed by atoms with van der Waals surface area (Å²) in [5.41, 5.74) is -0.831. The van der Waals surface area contributed by atoms with Crippen molar-refractivity contribution in [3.05, 3.63) is 47.5 Å². The number of amides is 1. The molecule has 0 radical (unpaired) electrons. The second kappa shape index (κ2) is 8.38. The monoisotopic (exact) mass is 465 g/mol. The van der Waals surface area contributed by atoms with Gasteiger partial charge in [0.05, 0.1) is 24.4 Å². The molecule has 2 aliphatic heterocycles. The molecule has 5 rings (SSSR count). The number of aliphatic hydroxyl groups is 1. The Kier molecular flexibility index (Phi) is 5.53. The Morgan fingerprint density at radius 1 is 1.27 bits per heavy atom. The van der Waals surface area contributed by atoms with Crippen molar-refractivity contribution in [2.75, 3.05) is 37.7 Å². The second-order valence-corrected chi connectivity index (χ2v) is 8.45. The number of benzene rings is 1. The van der Waals surface area contributed by atoms with E-state index in [0.717, 1.165) is 23.8 Å². The summed E-state index contributed by atoms with van der Waals surface area (Å²) in [7, 11) is 0. The zero-order valence-electron chi connectivity index (χ0n) is 17.6. The summed E-state index contributed by atoms with van der Waals surface area (Å²) < 4.78 is 60.0. The van der Waals surface area contributed by atoms with Crippen molar-refractivity contribution >= 4 is 17.4 Å². The van der Waals surface area contributed by atoms with Gasteiger partial charge in [-0.05, 0) is 30.0 Å². The zero-order chi connectivity index (χ0) is 23.2. The van der Waals surface area contributed by atoms with Gasteiger partial charge in [0.1, 0.15) is 18.7 Å². The number of ether oxygens (including phenoxy) is 2. The number of cyclic esters (lactones) is 1. The fraction of sp³-hybridized carbons (Fsp3) is 0.455. The molecule has 8 nitrogen and oxygen atoms in total. The largest absolute Gasteiger partial charge is 0.471 e. The first kappa shape index (κ1) is 21.8. The number of hydrogen-bond donors (Lipinski definition) is 1. The van der Waals surface area contributed by atoms with Crippen LogP contribution in [0.2, 0.25) is 0 Å². The number of halogens is 3. The lowest BCUT2D eigenvalue weighted by Crippen LogP contribution is -2.42. The van der Waals surface area contributed by atoms with Gasteiger partial charge < -0.3 is 19.1 Å².